The molecule has 0 amide bonds. The smallest absolute Gasteiger partial charge is 0.310 e. The maximum absolute atomic E-state index is 12.6. The Morgan fingerprint density at radius 3 is 2.41 bits per heavy atom. The summed E-state index contributed by atoms with van der Waals surface area (Å²) in [5.74, 6) is 0.682. The average molecular weight is 441 g/mol. The van der Waals surface area contributed by atoms with Crippen LogP contribution in [0.25, 0.3) is 0 Å². The van der Waals surface area contributed by atoms with Crippen LogP contribution in [0.5, 0.6) is 0 Å². The van der Waals surface area contributed by atoms with Crippen LogP contribution < -0.4 is 0 Å². The van der Waals surface area contributed by atoms with Crippen LogP contribution in [0.3, 0.4) is 0 Å². The quantitative estimate of drug-likeness (QED) is 0.443. The maximum Gasteiger partial charge on any atom is 0.310 e. The first kappa shape index (κ1) is 22.7. The van der Waals surface area contributed by atoms with Gasteiger partial charge in [0.05, 0.1) is 11.5 Å². The summed E-state index contributed by atoms with van der Waals surface area (Å²) < 4.78 is 0. The molecular formula is C29H44O3. The minimum Gasteiger partial charge on any atom is -0.481 e. The molecule has 5 rings (SSSR count). The SMILES string of the molecule is C=C1CC[C@]2(C(=O)O)CC[C@]3(C)C(=CC[C@@H]4[C@@]5(C)CCC(O)C(C)(C)[C@@H]5CC[C@]43C)[C@@H]2C1. The highest BCUT2D eigenvalue weighted by molar-refractivity contribution is 5.77. The van der Waals surface area contributed by atoms with Crippen molar-refractivity contribution in [3.05, 3.63) is 23.8 Å². The summed E-state index contributed by atoms with van der Waals surface area (Å²) in [5, 5.41) is 21.2. The van der Waals surface area contributed by atoms with Crippen LogP contribution in [0, 0.1) is 44.8 Å². The van der Waals surface area contributed by atoms with Crippen LogP contribution in [-0.4, -0.2) is 22.3 Å². The van der Waals surface area contributed by atoms with Gasteiger partial charge in [-0.3, -0.25) is 4.79 Å². The van der Waals surface area contributed by atoms with Crippen molar-refractivity contribution < 1.29 is 15.0 Å². The second kappa shape index (κ2) is 6.74. The second-order valence-corrected chi connectivity index (χ2v) is 13.6. The molecule has 0 heterocycles. The number of rotatable bonds is 1. The van der Waals surface area contributed by atoms with E-state index < -0.39 is 11.4 Å². The average Bonchev–Trinajstić information content (AvgIpc) is 2.71. The minimum atomic E-state index is -0.590. The third kappa shape index (κ3) is 2.55. The van der Waals surface area contributed by atoms with Gasteiger partial charge in [0.15, 0.2) is 0 Å². The number of carbonyl (C=O) groups is 1. The number of carboxylic acid groups (broad SMARTS) is 1. The van der Waals surface area contributed by atoms with Gasteiger partial charge in [0.2, 0.25) is 0 Å². The summed E-state index contributed by atoms with van der Waals surface area (Å²) in [6, 6.07) is 0. The summed E-state index contributed by atoms with van der Waals surface area (Å²) in [6.07, 6.45) is 12.0. The van der Waals surface area contributed by atoms with Crippen LogP contribution in [0.15, 0.2) is 23.8 Å². The number of aliphatic hydroxyl groups excluding tert-OH is 1. The van der Waals surface area contributed by atoms with E-state index in [0.717, 1.165) is 51.4 Å². The summed E-state index contributed by atoms with van der Waals surface area (Å²) in [5.41, 5.74) is 2.55. The van der Waals surface area contributed by atoms with Crippen molar-refractivity contribution in [2.45, 2.75) is 105 Å². The molecular weight excluding hydrogens is 396 g/mol. The molecule has 0 radical (unpaired) electrons. The zero-order valence-corrected chi connectivity index (χ0v) is 21.0. The Labute approximate surface area is 194 Å². The van der Waals surface area contributed by atoms with E-state index in [2.05, 4.69) is 47.3 Å². The summed E-state index contributed by atoms with van der Waals surface area (Å²) in [4.78, 5) is 12.6. The van der Waals surface area contributed by atoms with Crippen LogP contribution in [0.2, 0.25) is 0 Å². The predicted molar refractivity (Wildman–Crippen MR) is 128 cm³/mol. The first-order valence-corrected chi connectivity index (χ1v) is 13.1. The standard InChI is InChI=1S/C29H44O3/c1-18-9-14-29(24(31)32)16-15-27(5)19(20(29)17-18)7-8-22-26(4)12-11-23(30)25(2,3)21(26)10-13-28(22,27)6/h7,20-23,30H,1,8-17H2,2-6H3,(H,31,32)/t20-,21-,22+,23?,26-,27+,28+,29-/m0/s1. The van der Waals surface area contributed by atoms with E-state index in [1.54, 1.807) is 0 Å². The molecule has 0 aromatic heterocycles. The molecule has 0 saturated heterocycles. The molecule has 0 aliphatic heterocycles. The zero-order chi connectivity index (χ0) is 23.3. The Bertz CT molecular complexity index is 885. The lowest BCUT2D eigenvalue weighted by Gasteiger charge is -2.70. The normalized spacial score (nSPS) is 52.1. The number of fused-ring (bicyclic) bond motifs is 7. The van der Waals surface area contributed by atoms with Crippen molar-refractivity contribution in [2.24, 2.45) is 44.8 Å². The van der Waals surface area contributed by atoms with E-state index in [1.807, 2.05) is 0 Å². The fourth-order valence-corrected chi connectivity index (χ4v) is 10.2. The van der Waals surface area contributed by atoms with Crippen LogP contribution in [0.4, 0.5) is 0 Å². The van der Waals surface area contributed by atoms with Crippen molar-refractivity contribution in [1.82, 2.24) is 0 Å². The molecule has 0 aromatic rings. The van der Waals surface area contributed by atoms with E-state index in [4.69, 9.17) is 0 Å². The van der Waals surface area contributed by atoms with Crippen molar-refractivity contribution in [3.63, 3.8) is 0 Å². The molecule has 8 atom stereocenters. The van der Waals surface area contributed by atoms with Crippen LogP contribution in [-0.2, 0) is 4.79 Å². The summed E-state index contributed by atoms with van der Waals surface area (Å²) in [6.45, 7) is 16.5. The van der Waals surface area contributed by atoms with E-state index in [0.29, 0.717) is 11.8 Å². The maximum atomic E-state index is 12.6. The number of aliphatic carboxylic acids is 1. The van der Waals surface area contributed by atoms with Gasteiger partial charge in [-0.25, -0.2) is 0 Å². The van der Waals surface area contributed by atoms with Crippen LogP contribution >= 0.6 is 0 Å². The second-order valence-electron chi connectivity index (χ2n) is 13.6. The topological polar surface area (TPSA) is 57.5 Å². The lowest BCUT2D eigenvalue weighted by Crippen LogP contribution is -2.64. The van der Waals surface area contributed by atoms with Gasteiger partial charge in [-0.1, -0.05) is 58.4 Å². The molecule has 1 unspecified atom stereocenters. The van der Waals surface area contributed by atoms with Gasteiger partial charge in [-0.05, 0) is 97.7 Å². The monoisotopic (exact) mass is 440 g/mol. The van der Waals surface area contributed by atoms with Crippen LogP contribution in [0.1, 0.15) is 98.8 Å². The Kier molecular flexibility index (Phi) is 4.78. The summed E-state index contributed by atoms with van der Waals surface area (Å²) >= 11 is 0. The molecule has 32 heavy (non-hydrogen) atoms. The molecule has 4 fully saturated rings. The Balaban J connectivity index is 1.60. The number of hydrogen-bond donors (Lipinski definition) is 2. The first-order valence-electron chi connectivity index (χ1n) is 13.1. The summed E-state index contributed by atoms with van der Waals surface area (Å²) in [7, 11) is 0. The number of hydrogen-bond acceptors (Lipinski definition) is 2. The molecule has 0 aromatic carbocycles. The van der Waals surface area contributed by atoms with Gasteiger partial charge in [0.1, 0.15) is 0 Å². The third-order valence-electron chi connectivity index (χ3n) is 12.5. The largest absolute Gasteiger partial charge is 0.481 e. The lowest BCUT2D eigenvalue weighted by atomic mass is 9.34. The Hall–Kier alpha value is -1.09. The van der Waals surface area contributed by atoms with E-state index in [-0.39, 0.29) is 33.7 Å². The van der Waals surface area contributed by atoms with Gasteiger partial charge in [0.25, 0.3) is 0 Å². The van der Waals surface area contributed by atoms with Crippen molar-refractivity contribution in [3.8, 4) is 0 Å². The van der Waals surface area contributed by atoms with Crippen molar-refractivity contribution >= 4 is 5.97 Å². The molecule has 5 aliphatic rings. The fourth-order valence-electron chi connectivity index (χ4n) is 10.2. The number of carboxylic acids is 1. The number of aliphatic hydroxyl groups is 1. The highest BCUT2D eigenvalue weighted by Gasteiger charge is 2.68. The van der Waals surface area contributed by atoms with E-state index >= 15 is 0 Å². The Morgan fingerprint density at radius 1 is 1.00 bits per heavy atom. The molecule has 0 bridgehead atoms. The van der Waals surface area contributed by atoms with Gasteiger partial charge in [0, 0.05) is 5.92 Å². The molecule has 4 saturated carbocycles. The van der Waals surface area contributed by atoms with E-state index in [9.17, 15) is 15.0 Å². The van der Waals surface area contributed by atoms with Gasteiger partial charge in [-0.2, -0.15) is 0 Å². The molecule has 3 heteroatoms. The molecule has 178 valence electrons. The Morgan fingerprint density at radius 2 is 1.72 bits per heavy atom. The zero-order valence-electron chi connectivity index (χ0n) is 21.0. The molecule has 3 nitrogen and oxygen atoms in total. The lowest BCUT2D eigenvalue weighted by molar-refractivity contribution is -0.203. The number of allylic oxidation sites excluding steroid dienone is 3. The highest BCUT2D eigenvalue weighted by Crippen LogP contribution is 2.75. The first-order chi connectivity index (χ1) is 14.8. The molecule has 5 aliphatic carbocycles. The van der Waals surface area contributed by atoms with Gasteiger partial charge < -0.3 is 10.2 Å². The highest BCUT2D eigenvalue weighted by atomic mass is 16.4. The minimum absolute atomic E-state index is 0.0363. The molecule has 0 spiro atoms. The fraction of sp³-hybridized carbons (Fsp3) is 0.828. The predicted octanol–water partition coefficient (Wildman–Crippen LogP) is 6.76. The van der Waals surface area contributed by atoms with Crippen molar-refractivity contribution in [2.75, 3.05) is 0 Å². The van der Waals surface area contributed by atoms with Crippen molar-refractivity contribution in [1.29, 1.82) is 0 Å². The van der Waals surface area contributed by atoms with E-state index in [1.165, 1.54) is 24.0 Å². The third-order valence-corrected chi connectivity index (χ3v) is 12.5. The van der Waals surface area contributed by atoms with Gasteiger partial charge in [-0.15, -0.1) is 0 Å². The van der Waals surface area contributed by atoms with Gasteiger partial charge >= 0.3 is 5.97 Å². The molecule has 2 N–H and O–H groups in total.